The van der Waals surface area contributed by atoms with Gasteiger partial charge in [0, 0.05) is 18.0 Å². The van der Waals surface area contributed by atoms with Gasteiger partial charge in [-0.2, -0.15) is 5.26 Å². The van der Waals surface area contributed by atoms with E-state index in [9.17, 15) is 5.26 Å². The van der Waals surface area contributed by atoms with Crippen molar-refractivity contribution >= 4 is 32.3 Å². The second-order valence-electron chi connectivity index (χ2n) is 9.34. The fourth-order valence-corrected chi connectivity index (χ4v) is 5.44. The normalized spacial score (nSPS) is 11.1. The standard InChI is InChI=1S/C35H21N3/c36-21-24-11-8-18-37-35(24)34-17-16-25(22-38-34)31-20-33-28-14-6-4-12-26(28)30(23-9-2-1-3-10-23)19-32(33)29-15-7-5-13-27(29)31/h1-20,22H. The molecule has 7 rings (SSSR count). The number of hydrogen-bond donors (Lipinski definition) is 0. The average Bonchev–Trinajstić information content (AvgIpc) is 3.00. The molecule has 2 aromatic heterocycles. The Morgan fingerprint density at radius 3 is 1.71 bits per heavy atom. The van der Waals surface area contributed by atoms with Crippen molar-refractivity contribution in [2.45, 2.75) is 0 Å². The lowest BCUT2D eigenvalue weighted by molar-refractivity contribution is 1.23. The van der Waals surface area contributed by atoms with Gasteiger partial charge in [-0.1, -0.05) is 84.9 Å². The van der Waals surface area contributed by atoms with Crippen LogP contribution in [0.1, 0.15) is 5.56 Å². The van der Waals surface area contributed by atoms with Crippen LogP contribution < -0.4 is 0 Å². The van der Waals surface area contributed by atoms with Crippen LogP contribution in [0.2, 0.25) is 0 Å². The predicted molar refractivity (Wildman–Crippen MR) is 156 cm³/mol. The second-order valence-corrected chi connectivity index (χ2v) is 9.34. The van der Waals surface area contributed by atoms with Gasteiger partial charge >= 0.3 is 0 Å². The SMILES string of the molecule is N#Cc1cccnc1-c1ccc(-c2cc3c4ccccc4c(-c4ccccc4)cc3c3ccccc23)cn1. The van der Waals surface area contributed by atoms with Crippen LogP contribution in [0.25, 0.3) is 66.0 Å². The largest absolute Gasteiger partial charge is 0.254 e. The molecule has 38 heavy (non-hydrogen) atoms. The third-order valence-corrected chi connectivity index (χ3v) is 7.21. The molecule has 0 aliphatic rings. The van der Waals surface area contributed by atoms with Gasteiger partial charge in [0.25, 0.3) is 0 Å². The molecular weight excluding hydrogens is 462 g/mol. The lowest BCUT2D eigenvalue weighted by Crippen LogP contribution is -1.92. The van der Waals surface area contributed by atoms with E-state index in [4.69, 9.17) is 4.98 Å². The molecule has 176 valence electrons. The van der Waals surface area contributed by atoms with Gasteiger partial charge in [-0.05, 0) is 79.3 Å². The minimum absolute atomic E-state index is 0.518. The van der Waals surface area contributed by atoms with Crippen LogP contribution in [0.3, 0.4) is 0 Å². The number of aromatic nitrogens is 2. The Bertz CT molecular complexity index is 2020. The molecule has 0 fully saturated rings. The molecular formula is C35H21N3. The minimum atomic E-state index is 0.518. The summed E-state index contributed by atoms with van der Waals surface area (Å²) in [4.78, 5) is 9.12. The van der Waals surface area contributed by atoms with E-state index in [2.05, 4.69) is 108 Å². The topological polar surface area (TPSA) is 49.6 Å². The maximum Gasteiger partial charge on any atom is 0.106 e. The third-order valence-electron chi connectivity index (χ3n) is 7.21. The van der Waals surface area contributed by atoms with Gasteiger partial charge in [-0.15, -0.1) is 0 Å². The molecule has 0 amide bonds. The highest BCUT2D eigenvalue weighted by atomic mass is 14.8. The fraction of sp³-hybridized carbons (Fsp3) is 0. The zero-order valence-electron chi connectivity index (χ0n) is 20.5. The van der Waals surface area contributed by atoms with E-state index in [1.54, 1.807) is 18.3 Å². The van der Waals surface area contributed by atoms with Crippen molar-refractivity contribution in [3.05, 3.63) is 133 Å². The molecule has 5 aromatic carbocycles. The van der Waals surface area contributed by atoms with Gasteiger partial charge in [0.2, 0.25) is 0 Å². The predicted octanol–water partition coefficient (Wildman–Crippen LogP) is 8.81. The Kier molecular flexibility index (Phi) is 5.17. The minimum Gasteiger partial charge on any atom is -0.254 e. The summed E-state index contributed by atoms with van der Waals surface area (Å²) in [7, 11) is 0. The van der Waals surface area contributed by atoms with Crippen LogP contribution in [0, 0.1) is 11.3 Å². The van der Waals surface area contributed by atoms with Gasteiger partial charge in [0.15, 0.2) is 0 Å². The second kappa shape index (κ2) is 8.96. The van der Waals surface area contributed by atoms with E-state index in [1.807, 2.05) is 12.3 Å². The maximum absolute atomic E-state index is 9.49. The van der Waals surface area contributed by atoms with E-state index < -0.39 is 0 Å². The molecule has 3 heteroatoms. The first-order valence-electron chi connectivity index (χ1n) is 12.6. The number of nitrogens with zero attached hydrogens (tertiary/aromatic N) is 3. The van der Waals surface area contributed by atoms with Crippen LogP contribution in [0.5, 0.6) is 0 Å². The Balaban J connectivity index is 1.49. The van der Waals surface area contributed by atoms with Crippen LogP contribution in [0.4, 0.5) is 0 Å². The van der Waals surface area contributed by atoms with Gasteiger partial charge < -0.3 is 0 Å². The van der Waals surface area contributed by atoms with Gasteiger partial charge in [-0.3, -0.25) is 9.97 Å². The highest BCUT2D eigenvalue weighted by Gasteiger charge is 2.15. The molecule has 0 aliphatic heterocycles. The van der Waals surface area contributed by atoms with Crippen molar-refractivity contribution in [2.24, 2.45) is 0 Å². The number of benzene rings is 5. The summed E-state index contributed by atoms with van der Waals surface area (Å²) in [5.74, 6) is 0. The third kappa shape index (κ3) is 3.51. The van der Waals surface area contributed by atoms with Crippen LogP contribution >= 0.6 is 0 Å². The Morgan fingerprint density at radius 1 is 0.500 bits per heavy atom. The van der Waals surface area contributed by atoms with E-state index in [-0.39, 0.29) is 0 Å². The molecule has 0 aliphatic carbocycles. The van der Waals surface area contributed by atoms with E-state index in [0.29, 0.717) is 17.0 Å². The highest BCUT2D eigenvalue weighted by Crippen LogP contribution is 2.41. The summed E-state index contributed by atoms with van der Waals surface area (Å²) in [6, 6.07) is 42.3. The summed E-state index contributed by atoms with van der Waals surface area (Å²) in [5.41, 5.74) is 6.41. The molecule has 7 aromatic rings. The molecule has 0 bridgehead atoms. The Morgan fingerprint density at radius 2 is 1.11 bits per heavy atom. The summed E-state index contributed by atoms with van der Waals surface area (Å²) >= 11 is 0. The lowest BCUT2D eigenvalue weighted by Gasteiger charge is -2.16. The summed E-state index contributed by atoms with van der Waals surface area (Å²) in [5, 5.41) is 16.8. The van der Waals surface area contributed by atoms with Crippen LogP contribution in [-0.2, 0) is 0 Å². The maximum atomic E-state index is 9.49. The molecule has 0 saturated heterocycles. The number of rotatable bonds is 3. The first kappa shape index (κ1) is 21.9. The van der Waals surface area contributed by atoms with Crippen molar-refractivity contribution in [1.29, 1.82) is 5.26 Å². The summed E-state index contributed by atoms with van der Waals surface area (Å²) in [6.45, 7) is 0. The molecule has 3 nitrogen and oxygen atoms in total. The van der Waals surface area contributed by atoms with E-state index in [0.717, 1.165) is 11.1 Å². The van der Waals surface area contributed by atoms with Crippen LogP contribution in [0.15, 0.2) is 128 Å². The first-order chi connectivity index (χ1) is 18.8. The average molecular weight is 484 g/mol. The summed E-state index contributed by atoms with van der Waals surface area (Å²) in [6.07, 6.45) is 3.58. The Hall–Kier alpha value is -5.33. The van der Waals surface area contributed by atoms with E-state index in [1.165, 1.54) is 43.4 Å². The van der Waals surface area contributed by atoms with Crippen molar-refractivity contribution < 1.29 is 0 Å². The zero-order valence-corrected chi connectivity index (χ0v) is 20.5. The number of fused-ring (bicyclic) bond motifs is 5. The molecule has 0 spiro atoms. The molecule has 0 atom stereocenters. The monoisotopic (exact) mass is 483 g/mol. The first-order valence-corrected chi connectivity index (χ1v) is 12.6. The number of hydrogen-bond acceptors (Lipinski definition) is 3. The van der Waals surface area contributed by atoms with Gasteiger partial charge in [0.05, 0.1) is 11.3 Å². The summed E-state index contributed by atoms with van der Waals surface area (Å²) < 4.78 is 0. The molecule has 0 radical (unpaired) electrons. The van der Waals surface area contributed by atoms with Crippen molar-refractivity contribution in [1.82, 2.24) is 9.97 Å². The van der Waals surface area contributed by atoms with Crippen molar-refractivity contribution in [3.63, 3.8) is 0 Å². The van der Waals surface area contributed by atoms with Gasteiger partial charge in [0.1, 0.15) is 11.8 Å². The van der Waals surface area contributed by atoms with E-state index >= 15 is 0 Å². The fourth-order valence-electron chi connectivity index (χ4n) is 5.44. The smallest absolute Gasteiger partial charge is 0.106 e. The van der Waals surface area contributed by atoms with Gasteiger partial charge in [-0.25, -0.2) is 0 Å². The molecule has 2 heterocycles. The quantitative estimate of drug-likeness (QED) is 0.236. The molecule has 0 saturated carbocycles. The highest BCUT2D eigenvalue weighted by molar-refractivity contribution is 6.23. The number of nitriles is 1. The zero-order chi connectivity index (χ0) is 25.5. The van der Waals surface area contributed by atoms with Crippen LogP contribution in [-0.4, -0.2) is 9.97 Å². The Labute approximate surface area is 220 Å². The lowest BCUT2D eigenvalue weighted by atomic mass is 9.88. The molecule has 0 unspecified atom stereocenters. The van der Waals surface area contributed by atoms with Crippen molar-refractivity contribution in [2.75, 3.05) is 0 Å². The number of pyridine rings is 2. The van der Waals surface area contributed by atoms with Crippen molar-refractivity contribution in [3.8, 4) is 39.7 Å². The molecule has 0 N–H and O–H groups in total.